The summed E-state index contributed by atoms with van der Waals surface area (Å²) in [5, 5.41) is 4.93. The fraction of sp³-hybridized carbons (Fsp3) is 0.385. The summed E-state index contributed by atoms with van der Waals surface area (Å²) < 4.78 is 54.5. The minimum absolute atomic E-state index is 0.0988. The van der Waals surface area contributed by atoms with Crippen LogP contribution in [-0.4, -0.2) is 39.7 Å². The van der Waals surface area contributed by atoms with Gasteiger partial charge in [-0.15, -0.1) is 0 Å². The van der Waals surface area contributed by atoms with Gasteiger partial charge in [0.1, 0.15) is 11.4 Å². The van der Waals surface area contributed by atoms with E-state index in [0.29, 0.717) is 0 Å². The lowest BCUT2D eigenvalue weighted by molar-refractivity contribution is -0.117. The molecule has 1 heterocycles. The molecule has 1 aliphatic rings. The number of methoxy groups -OCH3 is 1. The highest BCUT2D eigenvalue weighted by Gasteiger charge is 2.35. The number of carbonyl (C=O) groups is 2. The average Bonchev–Trinajstić information content (AvgIpc) is 2.77. The number of esters is 1. The number of primary sulfonamides is 1. The minimum Gasteiger partial charge on any atom is -0.465 e. The van der Waals surface area contributed by atoms with E-state index in [9.17, 15) is 26.8 Å². The van der Waals surface area contributed by atoms with Gasteiger partial charge in [-0.05, 0) is 12.1 Å². The SMILES string of the molecule is COC(=O)c1c(F)ccc(N2CC(CS(N)(=O)=O)CC2=O)c1F. The Morgan fingerprint density at radius 3 is 2.65 bits per heavy atom. The lowest BCUT2D eigenvalue weighted by Gasteiger charge is -2.18. The normalized spacial score (nSPS) is 18.3. The molecule has 0 radical (unpaired) electrons. The van der Waals surface area contributed by atoms with Crippen LogP contribution in [0.25, 0.3) is 0 Å². The number of benzene rings is 1. The van der Waals surface area contributed by atoms with Gasteiger partial charge >= 0.3 is 5.97 Å². The van der Waals surface area contributed by atoms with Crippen LogP contribution < -0.4 is 10.0 Å². The number of carbonyl (C=O) groups excluding carboxylic acids is 2. The summed E-state index contributed by atoms with van der Waals surface area (Å²) >= 11 is 0. The van der Waals surface area contributed by atoms with E-state index >= 15 is 0 Å². The maximum Gasteiger partial charge on any atom is 0.343 e. The molecule has 2 N–H and O–H groups in total. The molecule has 0 aromatic heterocycles. The van der Waals surface area contributed by atoms with Crippen molar-refractivity contribution in [3.8, 4) is 0 Å². The van der Waals surface area contributed by atoms with Gasteiger partial charge in [0.15, 0.2) is 5.82 Å². The van der Waals surface area contributed by atoms with Gasteiger partial charge in [-0.2, -0.15) is 0 Å². The van der Waals surface area contributed by atoms with Crippen LogP contribution in [-0.2, 0) is 19.6 Å². The van der Waals surface area contributed by atoms with Crippen molar-refractivity contribution in [2.24, 2.45) is 11.1 Å². The molecule has 1 saturated heterocycles. The summed E-state index contributed by atoms with van der Waals surface area (Å²) in [6.07, 6.45) is -0.138. The van der Waals surface area contributed by atoms with Crippen molar-refractivity contribution in [1.82, 2.24) is 0 Å². The van der Waals surface area contributed by atoms with E-state index in [1.54, 1.807) is 0 Å². The largest absolute Gasteiger partial charge is 0.465 e. The first-order chi connectivity index (χ1) is 10.6. The highest BCUT2D eigenvalue weighted by Crippen LogP contribution is 2.30. The molecule has 7 nitrogen and oxygen atoms in total. The highest BCUT2D eigenvalue weighted by molar-refractivity contribution is 7.89. The third-order valence-corrected chi connectivity index (χ3v) is 4.36. The lowest BCUT2D eigenvalue weighted by atomic mass is 10.1. The predicted molar refractivity (Wildman–Crippen MR) is 76.1 cm³/mol. The van der Waals surface area contributed by atoms with E-state index in [-0.39, 0.29) is 18.7 Å². The minimum atomic E-state index is -3.79. The molecule has 1 atom stereocenters. The summed E-state index contributed by atoms with van der Waals surface area (Å²) in [6, 6.07) is 1.85. The number of amides is 1. The molecule has 1 aliphatic heterocycles. The van der Waals surface area contributed by atoms with Crippen molar-refractivity contribution in [2.75, 3.05) is 24.3 Å². The second-order valence-electron chi connectivity index (χ2n) is 5.15. The number of anilines is 1. The average molecular weight is 348 g/mol. The van der Waals surface area contributed by atoms with Crippen molar-refractivity contribution in [3.05, 3.63) is 29.3 Å². The molecule has 2 rings (SSSR count). The molecule has 0 saturated carbocycles. The molecule has 10 heteroatoms. The third kappa shape index (κ3) is 3.64. The standard InChI is InChI=1S/C13H14F2N2O5S/c1-22-13(19)11-8(14)2-3-9(12(11)15)17-5-7(4-10(17)18)6-23(16,20)21/h2-3,7H,4-6H2,1H3,(H2,16,20,21). The van der Waals surface area contributed by atoms with Gasteiger partial charge in [-0.3, -0.25) is 4.79 Å². The third-order valence-electron chi connectivity index (χ3n) is 3.42. The maximum atomic E-state index is 14.4. The summed E-state index contributed by atoms with van der Waals surface area (Å²) in [5.74, 6) is -5.15. The Hall–Kier alpha value is -2.07. The number of nitrogens with zero attached hydrogens (tertiary/aromatic N) is 1. The molecule has 0 spiro atoms. The van der Waals surface area contributed by atoms with E-state index in [1.165, 1.54) is 0 Å². The van der Waals surface area contributed by atoms with Crippen LogP contribution in [0.2, 0.25) is 0 Å². The number of hydrogen-bond acceptors (Lipinski definition) is 5. The van der Waals surface area contributed by atoms with Gasteiger partial charge in [0.2, 0.25) is 15.9 Å². The molecule has 0 aliphatic carbocycles. The molecular weight excluding hydrogens is 334 g/mol. The number of ether oxygens (including phenoxy) is 1. The Bertz CT molecular complexity index is 766. The molecule has 1 amide bonds. The zero-order valence-corrected chi connectivity index (χ0v) is 12.9. The van der Waals surface area contributed by atoms with Crippen molar-refractivity contribution >= 4 is 27.6 Å². The van der Waals surface area contributed by atoms with Gasteiger partial charge in [-0.1, -0.05) is 0 Å². The summed E-state index contributed by atoms with van der Waals surface area (Å²) in [7, 11) is -2.82. The van der Waals surface area contributed by atoms with E-state index < -0.39 is 50.8 Å². The zero-order valence-electron chi connectivity index (χ0n) is 12.1. The number of rotatable bonds is 4. The topological polar surface area (TPSA) is 107 Å². The summed E-state index contributed by atoms with van der Waals surface area (Å²) in [4.78, 5) is 24.4. The summed E-state index contributed by atoms with van der Waals surface area (Å²) in [5.41, 5.74) is -1.22. The quantitative estimate of drug-likeness (QED) is 0.792. The van der Waals surface area contributed by atoms with E-state index in [0.717, 1.165) is 24.1 Å². The fourth-order valence-corrected chi connectivity index (χ4v) is 3.37. The maximum absolute atomic E-state index is 14.4. The van der Waals surface area contributed by atoms with Crippen LogP contribution in [0.3, 0.4) is 0 Å². The van der Waals surface area contributed by atoms with Crippen LogP contribution in [0.1, 0.15) is 16.8 Å². The first-order valence-corrected chi connectivity index (χ1v) is 8.22. The highest BCUT2D eigenvalue weighted by atomic mass is 32.2. The van der Waals surface area contributed by atoms with Crippen LogP contribution in [0.4, 0.5) is 14.5 Å². The number of nitrogens with two attached hydrogens (primary N) is 1. The molecule has 1 fully saturated rings. The number of hydrogen-bond donors (Lipinski definition) is 1. The van der Waals surface area contributed by atoms with Crippen LogP contribution in [0.15, 0.2) is 12.1 Å². The lowest BCUT2D eigenvalue weighted by Crippen LogP contribution is -2.28. The zero-order chi connectivity index (χ0) is 17.4. The van der Waals surface area contributed by atoms with Crippen molar-refractivity contribution < 1.29 is 31.5 Å². The fourth-order valence-electron chi connectivity index (χ4n) is 2.49. The number of sulfonamides is 1. The van der Waals surface area contributed by atoms with Crippen LogP contribution in [0, 0.1) is 17.6 Å². The Morgan fingerprint density at radius 1 is 1.43 bits per heavy atom. The number of halogens is 2. The smallest absolute Gasteiger partial charge is 0.343 e. The van der Waals surface area contributed by atoms with Gasteiger partial charge in [-0.25, -0.2) is 27.1 Å². The van der Waals surface area contributed by atoms with Gasteiger partial charge in [0, 0.05) is 18.9 Å². The Kier molecular flexibility index (Phi) is 4.66. The molecule has 1 aromatic rings. The van der Waals surface area contributed by atoms with Crippen molar-refractivity contribution in [3.63, 3.8) is 0 Å². The van der Waals surface area contributed by atoms with Crippen molar-refractivity contribution in [2.45, 2.75) is 6.42 Å². The van der Waals surface area contributed by atoms with Gasteiger partial charge in [0.25, 0.3) is 0 Å². The van der Waals surface area contributed by atoms with E-state index in [1.807, 2.05) is 0 Å². The van der Waals surface area contributed by atoms with Crippen molar-refractivity contribution in [1.29, 1.82) is 0 Å². The second kappa shape index (κ2) is 6.20. The molecule has 23 heavy (non-hydrogen) atoms. The van der Waals surface area contributed by atoms with Crippen LogP contribution >= 0.6 is 0 Å². The van der Waals surface area contributed by atoms with Gasteiger partial charge in [0.05, 0.1) is 18.6 Å². The molecule has 126 valence electrons. The Labute approximate surface area is 131 Å². The molecule has 1 unspecified atom stereocenters. The Balaban J connectivity index is 2.36. The first-order valence-electron chi connectivity index (χ1n) is 6.51. The predicted octanol–water partition coefficient (Wildman–Crippen LogP) is 0.393. The van der Waals surface area contributed by atoms with E-state index in [4.69, 9.17) is 5.14 Å². The summed E-state index contributed by atoms with van der Waals surface area (Å²) in [6.45, 7) is -0.0988. The molecule has 0 bridgehead atoms. The first kappa shape index (κ1) is 17.3. The van der Waals surface area contributed by atoms with Crippen LogP contribution in [0.5, 0.6) is 0 Å². The molecular formula is C13H14F2N2O5S. The monoisotopic (exact) mass is 348 g/mol. The van der Waals surface area contributed by atoms with Gasteiger partial charge < -0.3 is 9.64 Å². The molecule has 1 aromatic carbocycles. The van der Waals surface area contributed by atoms with E-state index in [2.05, 4.69) is 4.74 Å². The second-order valence-corrected chi connectivity index (χ2v) is 6.81. The Morgan fingerprint density at radius 2 is 2.09 bits per heavy atom.